The van der Waals surface area contributed by atoms with Gasteiger partial charge in [0.1, 0.15) is 0 Å². The minimum atomic E-state index is -0.556. The zero-order valence-electron chi connectivity index (χ0n) is 13.3. The van der Waals surface area contributed by atoms with Gasteiger partial charge in [-0.25, -0.2) is 0 Å². The van der Waals surface area contributed by atoms with E-state index in [0.29, 0.717) is 0 Å². The van der Waals surface area contributed by atoms with E-state index in [1.807, 2.05) is 0 Å². The molecule has 18 heavy (non-hydrogen) atoms. The molecule has 112 valence electrons. The number of hydrogen-bond donors (Lipinski definition) is 0. The van der Waals surface area contributed by atoms with E-state index in [9.17, 15) is 0 Å². The molecule has 1 nitrogen and oxygen atoms in total. The first-order valence-corrected chi connectivity index (χ1v) is 12.9. The summed E-state index contributed by atoms with van der Waals surface area (Å²) in [7, 11) is 13.5. The summed E-state index contributed by atoms with van der Waals surface area (Å²) < 4.78 is 0. The molecule has 0 N–H and O–H groups in total. The molecule has 1 aliphatic rings. The second-order valence-electron chi connectivity index (χ2n) is 5.03. The van der Waals surface area contributed by atoms with Gasteiger partial charge >= 0.3 is 35.6 Å². The Hall–Kier alpha value is 1.47. The van der Waals surface area contributed by atoms with Gasteiger partial charge < -0.3 is 12.7 Å². The molecule has 1 aliphatic carbocycles. The van der Waals surface area contributed by atoms with Crippen LogP contribution < -0.4 is 0 Å². The maximum atomic E-state index is 4.89. The molecule has 0 heterocycles. The van der Waals surface area contributed by atoms with E-state index in [1.54, 1.807) is 14.1 Å². The van der Waals surface area contributed by atoms with E-state index in [4.69, 9.17) is 18.6 Å². The van der Waals surface area contributed by atoms with Gasteiger partial charge in [0.2, 0.25) is 0 Å². The quantitative estimate of drug-likeness (QED) is 0.468. The van der Waals surface area contributed by atoms with Crippen molar-refractivity contribution in [1.82, 2.24) is 0 Å². The molecule has 1 saturated carbocycles. The van der Waals surface area contributed by atoms with Crippen molar-refractivity contribution in [1.29, 1.82) is 0 Å². The molecule has 1 fully saturated rings. The summed E-state index contributed by atoms with van der Waals surface area (Å²) in [5.74, 6) is 3.97. The van der Waals surface area contributed by atoms with Crippen LogP contribution in [0.3, 0.4) is 0 Å². The molecule has 4 atom stereocenters. The summed E-state index contributed by atoms with van der Waals surface area (Å²) in [6.45, 7) is 12.3. The van der Waals surface area contributed by atoms with Crippen LogP contribution in [0, 0.1) is 31.1 Å². The topological polar surface area (TPSA) is 14.1 Å². The Morgan fingerprint density at radius 2 is 1.11 bits per heavy atom. The predicted molar refractivity (Wildman–Crippen MR) is 88.1 cm³/mol. The Labute approximate surface area is 135 Å². The van der Waals surface area contributed by atoms with Crippen molar-refractivity contribution >= 4 is 28.1 Å². The molecule has 4 unspecified atom stereocenters. The van der Waals surface area contributed by atoms with Crippen LogP contribution in [0.1, 0.15) is 27.7 Å². The Morgan fingerprint density at radius 3 is 1.22 bits per heavy atom. The third-order valence-electron chi connectivity index (χ3n) is 4.31. The fraction of sp³-hybridized carbons (Fsp3) is 0.923. The van der Waals surface area contributed by atoms with E-state index >= 15 is 0 Å². The van der Waals surface area contributed by atoms with E-state index in [2.05, 4.69) is 39.6 Å². The van der Waals surface area contributed by atoms with Crippen LogP contribution in [0.5, 0.6) is 0 Å². The molecule has 1 rings (SSSR count). The zero-order chi connectivity index (χ0) is 14.0. The van der Waals surface area contributed by atoms with Crippen molar-refractivity contribution in [3.63, 3.8) is 0 Å². The second kappa shape index (κ2) is 14.9. The monoisotopic (exact) mass is 347 g/mol. The molecule has 5 heteroatoms. The minimum absolute atomic E-state index is 0. The molecule has 0 amide bonds. The Kier molecular flexibility index (Phi) is 20.2. The molecule has 0 aromatic carbocycles. The summed E-state index contributed by atoms with van der Waals surface area (Å²) >= 11 is -0.556. The van der Waals surface area contributed by atoms with Gasteiger partial charge in [0, 0.05) is 9.52 Å². The molecular formula is C13H31Cl2NSiTi-2. The predicted octanol–water partition coefficient (Wildman–Crippen LogP) is 5.00. The molecule has 0 saturated heterocycles. The first-order valence-electron chi connectivity index (χ1n) is 6.36. The van der Waals surface area contributed by atoms with Crippen LogP contribution >= 0.6 is 18.6 Å². The summed E-state index contributed by atoms with van der Waals surface area (Å²) in [4.78, 5) is 0. The average molecular weight is 348 g/mol. The number of nitrogens with zero attached hydrogens (tertiary/aromatic N) is 1. The van der Waals surface area contributed by atoms with Crippen LogP contribution in [-0.4, -0.2) is 23.6 Å². The average Bonchev–Trinajstić information content (AvgIpc) is 2.46. The van der Waals surface area contributed by atoms with E-state index in [0.717, 1.165) is 29.2 Å². The van der Waals surface area contributed by atoms with Crippen molar-refractivity contribution in [2.24, 2.45) is 23.7 Å². The van der Waals surface area contributed by atoms with Gasteiger partial charge in [-0.15, -0.1) is 0 Å². The fourth-order valence-electron chi connectivity index (χ4n) is 2.96. The van der Waals surface area contributed by atoms with Crippen molar-refractivity contribution in [3.05, 3.63) is 12.7 Å². The zero-order valence-corrected chi connectivity index (χ0v) is 17.8. The van der Waals surface area contributed by atoms with Crippen LogP contribution in [0.2, 0.25) is 12.1 Å². The molecular weight excluding hydrogens is 317 g/mol. The summed E-state index contributed by atoms with van der Waals surface area (Å²) in [6, 6.07) is 0. The van der Waals surface area contributed by atoms with Crippen LogP contribution in [0.4, 0.5) is 0 Å². The molecule has 0 aromatic heterocycles. The van der Waals surface area contributed by atoms with Gasteiger partial charge in [0.05, 0.1) is 0 Å². The van der Waals surface area contributed by atoms with Crippen LogP contribution in [-0.2, 0) is 17.0 Å². The maximum absolute atomic E-state index is 4.89. The van der Waals surface area contributed by atoms with E-state index in [-0.39, 0.29) is 16.9 Å². The fourth-order valence-corrected chi connectivity index (χ4v) is 5.31. The number of halogens is 2. The first-order chi connectivity index (χ1) is 7.92. The third-order valence-corrected chi connectivity index (χ3v) is 6.74. The van der Waals surface area contributed by atoms with Gasteiger partial charge in [-0.2, -0.15) is 14.1 Å². The van der Waals surface area contributed by atoms with Crippen molar-refractivity contribution in [2.45, 2.75) is 39.8 Å². The normalized spacial score (nSPS) is 33.9. The van der Waals surface area contributed by atoms with Crippen LogP contribution in [0.25, 0.3) is 5.32 Å². The molecule has 0 aliphatic heterocycles. The van der Waals surface area contributed by atoms with E-state index in [1.165, 1.54) is 0 Å². The Balaban J connectivity index is -0.000000276. The van der Waals surface area contributed by atoms with Gasteiger partial charge in [-0.1, -0.05) is 34.2 Å². The Bertz CT molecular complexity index is 159. The SMILES string of the molecule is C[N-]C.C[SiH2]C1C(C)C(C)C(C)C1C.[CH3-].[Cl][Ti][Cl]. The molecule has 0 spiro atoms. The van der Waals surface area contributed by atoms with Gasteiger partial charge in [0.15, 0.2) is 0 Å². The first kappa shape index (κ1) is 24.5. The summed E-state index contributed by atoms with van der Waals surface area (Å²) in [6.07, 6.45) is 0. The van der Waals surface area contributed by atoms with Crippen molar-refractivity contribution in [2.75, 3.05) is 14.1 Å². The van der Waals surface area contributed by atoms with Crippen LogP contribution in [0.15, 0.2) is 0 Å². The molecule has 0 radical (unpaired) electrons. The van der Waals surface area contributed by atoms with Gasteiger partial charge in [-0.3, -0.25) is 0 Å². The second-order valence-corrected chi connectivity index (χ2v) is 9.37. The van der Waals surface area contributed by atoms with Gasteiger partial charge in [0.25, 0.3) is 0 Å². The molecule has 0 bridgehead atoms. The number of hydrogen-bond acceptors (Lipinski definition) is 0. The van der Waals surface area contributed by atoms with Gasteiger partial charge in [-0.05, 0) is 29.2 Å². The van der Waals surface area contributed by atoms with Crippen molar-refractivity contribution < 1.29 is 17.0 Å². The summed E-state index contributed by atoms with van der Waals surface area (Å²) in [5, 5.41) is 3.50. The summed E-state index contributed by atoms with van der Waals surface area (Å²) in [5.41, 5.74) is 1.12. The van der Waals surface area contributed by atoms with E-state index < -0.39 is 17.0 Å². The molecule has 0 aromatic rings. The standard InChI is InChI=1S/C10H22Si.C2H6N.CH3.2ClH.Ti/c1-6-7(2)9(4)10(11-5)8(6)3;1-3-2;;;;/h6-10H,11H2,1-5H3;1-2H3;1H3;2*1H;/q;2*-1;;;+2/p-2. The number of rotatable bonds is 1. The third kappa shape index (κ3) is 8.60. The Morgan fingerprint density at radius 1 is 0.889 bits per heavy atom. The van der Waals surface area contributed by atoms with Crippen molar-refractivity contribution in [3.8, 4) is 0 Å².